The van der Waals surface area contributed by atoms with Gasteiger partial charge in [-0.05, 0) is 111 Å². The molecular formula is C27H31ClN2O2S. The van der Waals surface area contributed by atoms with Crippen LogP contribution in [0.4, 0.5) is 10.5 Å². The number of carbonyl (C=O) groups excluding carboxylic acids is 2. The Morgan fingerprint density at radius 1 is 1.18 bits per heavy atom. The standard InChI is InChI=1S/C27H31ClN2O2S/c1-16(2)30-23-11-17(3)20(12-22(23)18(4)14-27(30,5)6)13-24-25(31)29(26(32)33-24)15-19-7-9-21(28)10-8-19/h7-13,16,18H,14-15H2,1-6H3/b24-13-/t18-/m0/s1. The lowest BCUT2D eigenvalue weighted by Gasteiger charge is -2.50. The second kappa shape index (κ2) is 8.84. The molecule has 0 unspecified atom stereocenters. The van der Waals surface area contributed by atoms with Crippen LogP contribution in [0.5, 0.6) is 0 Å². The van der Waals surface area contributed by atoms with Gasteiger partial charge in [-0.1, -0.05) is 30.7 Å². The minimum Gasteiger partial charge on any atom is -0.364 e. The fraction of sp³-hybridized carbons (Fsp3) is 0.407. The molecule has 0 aromatic heterocycles. The van der Waals surface area contributed by atoms with Crippen LogP contribution in [0.3, 0.4) is 0 Å². The first-order valence-corrected chi connectivity index (χ1v) is 12.6. The first kappa shape index (κ1) is 23.9. The van der Waals surface area contributed by atoms with Gasteiger partial charge in [0.25, 0.3) is 11.1 Å². The van der Waals surface area contributed by atoms with Crippen molar-refractivity contribution in [3.8, 4) is 0 Å². The number of anilines is 1. The molecule has 2 aliphatic heterocycles. The SMILES string of the molecule is Cc1cc2c(cc1/C=C1\SC(=O)N(Cc3ccc(Cl)cc3)C1=O)[C@@H](C)CC(C)(C)N2C(C)C. The predicted octanol–water partition coefficient (Wildman–Crippen LogP) is 7.39. The van der Waals surface area contributed by atoms with Gasteiger partial charge in [0.2, 0.25) is 0 Å². The van der Waals surface area contributed by atoms with Gasteiger partial charge in [-0.15, -0.1) is 0 Å². The number of hydrogen-bond donors (Lipinski definition) is 0. The van der Waals surface area contributed by atoms with Crippen LogP contribution in [-0.2, 0) is 11.3 Å². The maximum atomic E-state index is 13.1. The summed E-state index contributed by atoms with van der Waals surface area (Å²) >= 11 is 6.97. The van der Waals surface area contributed by atoms with E-state index in [9.17, 15) is 9.59 Å². The van der Waals surface area contributed by atoms with E-state index in [1.165, 1.54) is 16.2 Å². The molecule has 6 heteroatoms. The average molecular weight is 483 g/mol. The lowest BCUT2D eigenvalue weighted by Crippen LogP contribution is -2.51. The van der Waals surface area contributed by atoms with Gasteiger partial charge in [0.1, 0.15) is 0 Å². The third kappa shape index (κ3) is 4.58. The third-order valence-electron chi connectivity index (χ3n) is 6.59. The highest BCUT2D eigenvalue weighted by atomic mass is 35.5. The van der Waals surface area contributed by atoms with Crippen LogP contribution in [0.2, 0.25) is 5.02 Å². The molecule has 0 radical (unpaired) electrons. The number of nitrogens with zero attached hydrogens (tertiary/aromatic N) is 2. The Morgan fingerprint density at radius 2 is 1.85 bits per heavy atom. The molecule has 0 N–H and O–H groups in total. The third-order valence-corrected chi connectivity index (χ3v) is 7.75. The zero-order chi connectivity index (χ0) is 24.1. The number of carbonyl (C=O) groups is 2. The Morgan fingerprint density at radius 3 is 2.48 bits per heavy atom. The van der Waals surface area contributed by atoms with E-state index in [4.69, 9.17) is 11.6 Å². The van der Waals surface area contributed by atoms with Crippen LogP contribution < -0.4 is 4.90 Å². The number of benzene rings is 2. The predicted molar refractivity (Wildman–Crippen MR) is 139 cm³/mol. The fourth-order valence-electron chi connectivity index (χ4n) is 5.30. The molecule has 0 bridgehead atoms. The van der Waals surface area contributed by atoms with Gasteiger partial charge in [0.05, 0.1) is 11.4 Å². The van der Waals surface area contributed by atoms with Crippen molar-refractivity contribution in [2.75, 3.05) is 4.90 Å². The molecule has 174 valence electrons. The van der Waals surface area contributed by atoms with Gasteiger partial charge in [0, 0.05) is 22.3 Å². The Hall–Kier alpha value is -2.24. The molecule has 33 heavy (non-hydrogen) atoms. The molecule has 2 aromatic rings. The largest absolute Gasteiger partial charge is 0.364 e. The molecule has 1 saturated heterocycles. The molecule has 2 amide bonds. The van der Waals surface area contributed by atoms with E-state index in [-0.39, 0.29) is 23.2 Å². The molecule has 0 aliphatic carbocycles. The summed E-state index contributed by atoms with van der Waals surface area (Å²) in [5.74, 6) is 0.174. The summed E-state index contributed by atoms with van der Waals surface area (Å²) in [7, 11) is 0. The first-order valence-electron chi connectivity index (χ1n) is 11.4. The average Bonchev–Trinajstić information content (AvgIpc) is 2.97. The van der Waals surface area contributed by atoms with Crippen molar-refractivity contribution < 1.29 is 9.59 Å². The molecule has 1 fully saturated rings. The quantitative estimate of drug-likeness (QED) is 0.426. The molecule has 2 aromatic carbocycles. The van der Waals surface area contributed by atoms with Crippen molar-refractivity contribution in [2.45, 2.75) is 72.0 Å². The number of thioether (sulfide) groups is 1. The zero-order valence-corrected chi connectivity index (χ0v) is 21.7. The monoisotopic (exact) mass is 482 g/mol. The molecule has 0 spiro atoms. The molecule has 0 saturated carbocycles. The van der Waals surface area contributed by atoms with Crippen molar-refractivity contribution >= 4 is 46.3 Å². The lowest BCUT2D eigenvalue weighted by molar-refractivity contribution is -0.123. The van der Waals surface area contributed by atoms with E-state index in [1.807, 2.05) is 18.2 Å². The van der Waals surface area contributed by atoms with Crippen LogP contribution in [0.15, 0.2) is 41.3 Å². The van der Waals surface area contributed by atoms with E-state index < -0.39 is 0 Å². The van der Waals surface area contributed by atoms with Gasteiger partial charge in [-0.3, -0.25) is 14.5 Å². The number of halogens is 1. The van der Waals surface area contributed by atoms with Crippen LogP contribution in [0.25, 0.3) is 6.08 Å². The normalized spacial score (nSPS) is 21.3. The summed E-state index contributed by atoms with van der Waals surface area (Å²) < 4.78 is 0. The van der Waals surface area contributed by atoms with E-state index in [1.54, 1.807) is 12.1 Å². The fourth-order valence-corrected chi connectivity index (χ4v) is 6.25. The highest BCUT2D eigenvalue weighted by Gasteiger charge is 2.38. The summed E-state index contributed by atoms with van der Waals surface area (Å²) in [6, 6.07) is 12.1. The molecule has 2 heterocycles. The summed E-state index contributed by atoms with van der Waals surface area (Å²) in [5.41, 5.74) is 5.64. The van der Waals surface area contributed by atoms with Crippen LogP contribution in [0.1, 0.15) is 69.2 Å². The number of hydrogen-bond acceptors (Lipinski definition) is 4. The second-order valence-corrected chi connectivity index (χ2v) is 11.5. The smallest absolute Gasteiger partial charge is 0.293 e. The number of rotatable bonds is 4. The van der Waals surface area contributed by atoms with E-state index >= 15 is 0 Å². The minimum atomic E-state index is -0.241. The first-order chi connectivity index (χ1) is 15.5. The molecule has 1 atom stereocenters. The Bertz CT molecular complexity index is 1140. The maximum Gasteiger partial charge on any atom is 0.293 e. The lowest BCUT2D eigenvalue weighted by atomic mass is 9.78. The van der Waals surface area contributed by atoms with Crippen molar-refractivity contribution in [1.29, 1.82) is 0 Å². The van der Waals surface area contributed by atoms with E-state index in [0.717, 1.165) is 34.9 Å². The number of imide groups is 1. The molecular weight excluding hydrogens is 452 g/mol. The minimum absolute atomic E-state index is 0.0822. The van der Waals surface area contributed by atoms with Crippen molar-refractivity contribution in [3.63, 3.8) is 0 Å². The van der Waals surface area contributed by atoms with Crippen LogP contribution in [0, 0.1) is 6.92 Å². The number of amides is 2. The van der Waals surface area contributed by atoms with Gasteiger partial charge in [-0.2, -0.15) is 0 Å². The van der Waals surface area contributed by atoms with Gasteiger partial charge >= 0.3 is 0 Å². The van der Waals surface area contributed by atoms with E-state index in [2.05, 4.69) is 58.6 Å². The van der Waals surface area contributed by atoms with Crippen LogP contribution >= 0.6 is 23.4 Å². The second-order valence-electron chi connectivity index (χ2n) is 10.0. The summed E-state index contributed by atoms with van der Waals surface area (Å²) in [6.45, 7) is 13.7. The Labute approximate surface area is 206 Å². The maximum absolute atomic E-state index is 13.1. The van der Waals surface area contributed by atoms with Crippen molar-refractivity contribution in [1.82, 2.24) is 4.90 Å². The zero-order valence-electron chi connectivity index (χ0n) is 20.1. The van der Waals surface area contributed by atoms with Gasteiger partial charge < -0.3 is 4.90 Å². The molecule has 2 aliphatic rings. The highest BCUT2D eigenvalue weighted by molar-refractivity contribution is 8.18. The summed E-state index contributed by atoms with van der Waals surface area (Å²) in [6.07, 6.45) is 2.95. The molecule has 4 rings (SSSR count). The topological polar surface area (TPSA) is 40.6 Å². The highest BCUT2D eigenvalue weighted by Crippen LogP contribution is 2.46. The van der Waals surface area contributed by atoms with Crippen molar-refractivity contribution in [3.05, 3.63) is 68.6 Å². The summed E-state index contributed by atoms with van der Waals surface area (Å²) in [4.78, 5) is 30.0. The molecule has 4 nitrogen and oxygen atoms in total. The van der Waals surface area contributed by atoms with E-state index in [0.29, 0.717) is 21.9 Å². The van der Waals surface area contributed by atoms with Gasteiger partial charge in [-0.25, -0.2) is 0 Å². The van der Waals surface area contributed by atoms with Crippen molar-refractivity contribution in [2.24, 2.45) is 0 Å². The number of aryl methyl sites for hydroxylation is 1. The summed E-state index contributed by atoms with van der Waals surface area (Å²) in [5, 5.41) is 0.391. The number of fused-ring (bicyclic) bond motifs is 1. The van der Waals surface area contributed by atoms with Gasteiger partial charge in [0.15, 0.2) is 0 Å². The Balaban J connectivity index is 1.66. The van der Waals surface area contributed by atoms with Crippen LogP contribution in [-0.4, -0.2) is 27.6 Å². The Kier molecular flexibility index (Phi) is 6.41.